The van der Waals surface area contributed by atoms with Crippen molar-refractivity contribution in [2.24, 2.45) is 0 Å². The first-order chi connectivity index (χ1) is 30.0. The maximum absolute atomic E-state index is 6.51. The second-order valence-electron chi connectivity index (χ2n) is 19.6. The van der Waals surface area contributed by atoms with Crippen molar-refractivity contribution in [1.82, 2.24) is 4.57 Å². The summed E-state index contributed by atoms with van der Waals surface area (Å²) in [7, 11) is 0. The average molecular weight is 803 g/mol. The standard InChI is InChI=1S/C59H50N2O/c1-57(2)31-32-58(3,4)52-33-38(21-30-50(52)57)37-19-22-39(23-20-37)61-53-17-11-8-14-45(53)46-28-25-41(35-54(46)61)60(42-26-29-48-47-15-9-12-18-55(47)62-56(48)36-42)40-24-27-44-43-13-7-10-16-49(43)59(5,6)51(44)34-40/h7-30,33-36H,31-32H2,1-6H3. The lowest BCUT2D eigenvalue weighted by Crippen LogP contribution is -2.33. The van der Waals surface area contributed by atoms with E-state index in [1.807, 2.05) is 6.07 Å². The van der Waals surface area contributed by atoms with Crippen LogP contribution in [0.1, 0.15) is 76.6 Å². The van der Waals surface area contributed by atoms with E-state index in [1.54, 1.807) is 0 Å². The number of hydrogen-bond acceptors (Lipinski definition) is 2. The molecule has 12 rings (SSSR count). The first-order valence-corrected chi connectivity index (χ1v) is 22.2. The zero-order valence-corrected chi connectivity index (χ0v) is 36.4. The minimum Gasteiger partial charge on any atom is -0.456 e. The first kappa shape index (κ1) is 37.0. The largest absolute Gasteiger partial charge is 0.456 e. The maximum Gasteiger partial charge on any atom is 0.137 e. The quantitative estimate of drug-likeness (QED) is 0.173. The highest BCUT2D eigenvalue weighted by Crippen LogP contribution is 2.52. The summed E-state index contributed by atoms with van der Waals surface area (Å²) in [5.41, 5.74) is 19.6. The molecule has 0 N–H and O–H groups in total. The molecule has 0 bridgehead atoms. The van der Waals surface area contributed by atoms with E-state index in [4.69, 9.17) is 4.42 Å². The van der Waals surface area contributed by atoms with Gasteiger partial charge < -0.3 is 13.9 Å². The van der Waals surface area contributed by atoms with Gasteiger partial charge >= 0.3 is 0 Å². The van der Waals surface area contributed by atoms with Crippen LogP contribution in [0.2, 0.25) is 0 Å². The number of aromatic nitrogens is 1. The Morgan fingerprint density at radius 2 is 1.02 bits per heavy atom. The second-order valence-corrected chi connectivity index (χ2v) is 19.6. The summed E-state index contributed by atoms with van der Waals surface area (Å²) in [6, 6.07) is 63.1. The predicted octanol–water partition coefficient (Wildman–Crippen LogP) is 16.5. The summed E-state index contributed by atoms with van der Waals surface area (Å²) in [6.45, 7) is 14.3. The molecule has 0 unspecified atom stereocenters. The Bertz CT molecular complexity index is 3450. The van der Waals surface area contributed by atoms with Crippen LogP contribution in [0, 0.1) is 0 Å². The van der Waals surface area contributed by atoms with Crippen molar-refractivity contribution in [3.63, 3.8) is 0 Å². The minimum atomic E-state index is -0.134. The van der Waals surface area contributed by atoms with Gasteiger partial charge in [0.25, 0.3) is 0 Å². The number of para-hydroxylation sites is 2. The Kier molecular flexibility index (Phi) is 7.80. The van der Waals surface area contributed by atoms with Crippen LogP contribution in [0.5, 0.6) is 0 Å². The minimum absolute atomic E-state index is 0.134. The molecule has 3 nitrogen and oxygen atoms in total. The van der Waals surface area contributed by atoms with Crippen molar-refractivity contribution in [2.45, 2.75) is 70.6 Å². The third kappa shape index (κ3) is 5.43. The zero-order valence-electron chi connectivity index (χ0n) is 36.4. The van der Waals surface area contributed by atoms with Gasteiger partial charge in [-0.25, -0.2) is 0 Å². The average Bonchev–Trinajstić information content (AvgIpc) is 3.90. The monoisotopic (exact) mass is 802 g/mol. The van der Waals surface area contributed by atoms with Crippen molar-refractivity contribution in [3.05, 3.63) is 192 Å². The fraction of sp³-hybridized carbons (Fsp3) is 0.186. The van der Waals surface area contributed by atoms with E-state index in [1.165, 1.54) is 73.6 Å². The predicted molar refractivity (Wildman–Crippen MR) is 261 cm³/mol. The smallest absolute Gasteiger partial charge is 0.137 e. The van der Waals surface area contributed by atoms with E-state index in [2.05, 4.69) is 215 Å². The maximum atomic E-state index is 6.51. The van der Waals surface area contributed by atoms with Crippen LogP contribution in [0.4, 0.5) is 17.1 Å². The number of fused-ring (bicyclic) bond motifs is 10. The van der Waals surface area contributed by atoms with Gasteiger partial charge in [-0.3, -0.25) is 0 Å². The van der Waals surface area contributed by atoms with Crippen LogP contribution < -0.4 is 4.90 Å². The Labute approximate surface area is 363 Å². The summed E-state index contributed by atoms with van der Waals surface area (Å²) < 4.78 is 8.95. The third-order valence-corrected chi connectivity index (χ3v) is 14.7. The van der Waals surface area contributed by atoms with Crippen molar-refractivity contribution in [1.29, 1.82) is 0 Å². The molecule has 2 heterocycles. The molecule has 2 aliphatic rings. The van der Waals surface area contributed by atoms with Crippen LogP contribution in [0.15, 0.2) is 174 Å². The van der Waals surface area contributed by atoms with E-state index in [9.17, 15) is 0 Å². The molecular weight excluding hydrogens is 753 g/mol. The number of rotatable bonds is 5. The first-order valence-electron chi connectivity index (χ1n) is 22.2. The van der Waals surface area contributed by atoms with Gasteiger partial charge in [0.2, 0.25) is 0 Å². The molecule has 0 saturated heterocycles. The van der Waals surface area contributed by atoms with Gasteiger partial charge in [0.15, 0.2) is 0 Å². The molecule has 10 aromatic rings. The summed E-state index contributed by atoms with van der Waals surface area (Å²) in [5.74, 6) is 0. The van der Waals surface area contributed by atoms with Gasteiger partial charge in [0.05, 0.1) is 11.0 Å². The SMILES string of the molecule is CC1(C)CCC(C)(C)c2cc(-c3ccc(-n4c5ccccc5c5ccc(N(c6ccc7c(c6)C(C)(C)c6ccccc6-7)c6ccc7c(c6)oc6ccccc67)cc54)cc3)ccc21. The Morgan fingerprint density at radius 1 is 0.419 bits per heavy atom. The summed E-state index contributed by atoms with van der Waals surface area (Å²) >= 11 is 0. The molecule has 0 spiro atoms. The highest BCUT2D eigenvalue weighted by Gasteiger charge is 2.38. The van der Waals surface area contributed by atoms with Gasteiger partial charge in [-0.05, 0) is 129 Å². The van der Waals surface area contributed by atoms with Crippen molar-refractivity contribution in [2.75, 3.05) is 4.90 Å². The molecule has 0 saturated carbocycles. The molecule has 0 radical (unpaired) electrons. The van der Waals surface area contributed by atoms with Gasteiger partial charge in [0.1, 0.15) is 11.2 Å². The molecule has 0 amide bonds. The number of hydrogen-bond donors (Lipinski definition) is 0. The molecule has 62 heavy (non-hydrogen) atoms. The second kappa shape index (κ2) is 13.1. The number of benzene rings is 8. The molecule has 8 aromatic carbocycles. The van der Waals surface area contributed by atoms with Crippen molar-refractivity contribution in [3.8, 4) is 27.9 Å². The van der Waals surface area contributed by atoms with Crippen molar-refractivity contribution < 1.29 is 4.42 Å². The van der Waals surface area contributed by atoms with Gasteiger partial charge in [0, 0.05) is 55.8 Å². The lowest BCUT2D eigenvalue weighted by molar-refractivity contribution is 0.332. The van der Waals surface area contributed by atoms with Crippen LogP contribution in [0.25, 0.3) is 71.7 Å². The Morgan fingerprint density at radius 3 is 1.84 bits per heavy atom. The lowest BCUT2D eigenvalue weighted by atomic mass is 9.63. The van der Waals surface area contributed by atoms with E-state index >= 15 is 0 Å². The van der Waals surface area contributed by atoms with Gasteiger partial charge in [-0.2, -0.15) is 0 Å². The Balaban J connectivity index is 1.02. The zero-order chi connectivity index (χ0) is 42.1. The molecule has 302 valence electrons. The molecule has 0 aliphatic heterocycles. The van der Waals surface area contributed by atoms with Crippen LogP contribution in [-0.4, -0.2) is 4.57 Å². The number of nitrogens with zero attached hydrogens (tertiary/aromatic N) is 2. The topological polar surface area (TPSA) is 21.3 Å². The van der Waals surface area contributed by atoms with E-state index < -0.39 is 0 Å². The number of furan rings is 1. The third-order valence-electron chi connectivity index (χ3n) is 14.7. The van der Waals surface area contributed by atoms with Crippen molar-refractivity contribution >= 4 is 60.8 Å². The fourth-order valence-electron chi connectivity index (χ4n) is 11.1. The molecule has 2 aliphatic carbocycles. The van der Waals surface area contributed by atoms with E-state index in [0.29, 0.717) is 0 Å². The molecule has 0 fully saturated rings. The molecular formula is C59H50N2O. The highest BCUT2D eigenvalue weighted by atomic mass is 16.3. The van der Waals surface area contributed by atoms with Gasteiger partial charge in [-0.1, -0.05) is 145 Å². The highest BCUT2D eigenvalue weighted by molar-refractivity contribution is 6.11. The fourth-order valence-corrected chi connectivity index (χ4v) is 11.1. The lowest BCUT2D eigenvalue weighted by Gasteiger charge is -2.42. The summed E-state index contributed by atoms with van der Waals surface area (Å²) in [4.78, 5) is 2.41. The Hall–Kier alpha value is -6.84. The van der Waals surface area contributed by atoms with Crippen LogP contribution in [0.3, 0.4) is 0 Å². The molecule has 0 atom stereocenters. The van der Waals surface area contributed by atoms with E-state index in [-0.39, 0.29) is 16.2 Å². The summed E-state index contributed by atoms with van der Waals surface area (Å²) in [6.07, 6.45) is 2.42. The van der Waals surface area contributed by atoms with E-state index in [0.717, 1.165) is 50.2 Å². The molecule has 2 aromatic heterocycles. The normalized spacial score (nSPS) is 15.8. The van der Waals surface area contributed by atoms with Crippen LogP contribution in [-0.2, 0) is 16.2 Å². The summed E-state index contributed by atoms with van der Waals surface area (Å²) in [5, 5.41) is 4.72. The van der Waals surface area contributed by atoms with Gasteiger partial charge in [-0.15, -0.1) is 0 Å². The van der Waals surface area contributed by atoms with Crippen LogP contribution >= 0.6 is 0 Å². The molecule has 3 heteroatoms. The number of anilines is 3.